The van der Waals surface area contributed by atoms with Crippen LogP contribution in [0, 0.1) is 0 Å². The van der Waals surface area contributed by atoms with Crippen LogP contribution in [0.2, 0.25) is 0 Å². The third-order valence-electron chi connectivity index (χ3n) is 3.84. The van der Waals surface area contributed by atoms with Crippen molar-refractivity contribution in [2.75, 3.05) is 18.5 Å². The Morgan fingerprint density at radius 2 is 1.75 bits per heavy atom. The second-order valence-corrected chi connectivity index (χ2v) is 7.29. The Morgan fingerprint density at radius 3 is 2.38 bits per heavy atom. The van der Waals surface area contributed by atoms with Crippen molar-refractivity contribution >= 4 is 23.4 Å². The zero-order chi connectivity index (χ0) is 17.6. The summed E-state index contributed by atoms with van der Waals surface area (Å²) < 4.78 is 5.17. The van der Waals surface area contributed by atoms with Gasteiger partial charge in [-0.05, 0) is 44.0 Å². The van der Waals surface area contributed by atoms with Gasteiger partial charge in [0.1, 0.15) is 5.25 Å². The molecule has 0 saturated heterocycles. The first-order chi connectivity index (χ1) is 11.7. The molecule has 1 N–H and O–H groups in total. The summed E-state index contributed by atoms with van der Waals surface area (Å²) in [6.07, 6.45) is 8.31. The molecule has 0 heterocycles. The van der Waals surface area contributed by atoms with Crippen molar-refractivity contribution in [2.24, 2.45) is 0 Å². The van der Waals surface area contributed by atoms with Gasteiger partial charge in [0.05, 0.1) is 6.61 Å². The molecule has 0 bridgehead atoms. The normalized spacial score (nSPS) is 12.0. The summed E-state index contributed by atoms with van der Waals surface area (Å²) in [6, 6.07) is 8.38. The summed E-state index contributed by atoms with van der Waals surface area (Å²) in [5.74, 6) is -0.0985. The van der Waals surface area contributed by atoms with E-state index in [0.717, 1.165) is 30.0 Å². The van der Waals surface area contributed by atoms with E-state index in [9.17, 15) is 4.79 Å². The van der Waals surface area contributed by atoms with Gasteiger partial charge in [0.25, 0.3) is 0 Å². The highest BCUT2D eigenvalue weighted by Crippen LogP contribution is 2.28. The molecule has 24 heavy (non-hydrogen) atoms. The minimum Gasteiger partial charge on any atom is -0.465 e. The highest BCUT2D eigenvalue weighted by Gasteiger charge is 2.20. The van der Waals surface area contributed by atoms with E-state index in [1.54, 1.807) is 11.8 Å². The molecule has 1 atom stereocenters. The SMILES string of the molecule is CCCCCCCNc1ccc(SC(CCC)C(=O)OCC)cc1. The number of hydrogen-bond acceptors (Lipinski definition) is 4. The van der Waals surface area contributed by atoms with E-state index in [1.165, 1.54) is 32.1 Å². The lowest BCUT2D eigenvalue weighted by Gasteiger charge is -2.14. The van der Waals surface area contributed by atoms with E-state index >= 15 is 0 Å². The molecule has 0 aliphatic carbocycles. The molecular formula is C20H33NO2S. The fraction of sp³-hybridized carbons (Fsp3) is 0.650. The molecule has 1 rings (SSSR count). The van der Waals surface area contributed by atoms with Crippen LogP contribution >= 0.6 is 11.8 Å². The van der Waals surface area contributed by atoms with Gasteiger partial charge in [0, 0.05) is 17.1 Å². The number of thioether (sulfide) groups is 1. The number of benzene rings is 1. The van der Waals surface area contributed by atoms with Crippen molar-refractivity contribution < 1.29 is 9.53 Å². The molecule has 136 valence electrons. The number of ether oxygens (including phenoxy) is 1. The number of unbranched alkanes of at least 4 members (excludes halogenated alkanes) is 4. The van der Waals surface area contributed by atoms with Crippen LogP contribution in [0.5, 0.6) is 0 Å². The molecule has 3 nitrogen and oxygen atoms in total. The maximum atomic E-state index is 12.0. The first kappa shape index (κ1) is 20.9. The molecule has 0 aromatic heterocycles. The Kier molecular flexibility index (Phi) is 11.5. The second kappa shape index (κ2) is 13.2. The van der Waals surface area contributed by atoms with E-state index in [0.29, 0.717) is 6.61 Å². The van der Waals surface area contributed by atoms with Crippen LogP contribution in [0.3, 0.4) is 0 Å². The van der Waals surface area contributed by atoms with Gasteiger partial charge >= 0.3 is 5.97 Å². The Morgan fingerprint density at radius 1 is 1.04 bits per heavy atom. The third kappa shape index (κ3) is 8.62. The molecular weight excluding hydrogens is 318 g/mol. The Bertz CT molecular complexity index is 447. The summed E-state index contributed by atoms with van der Waals surface area (Å²) in [7, 11) is 0. The molecule has 0 spiro atoms. The number of anilines is 1. The van der Waals surface area contributed by atoms with Gasteiger partial charge in [-0.2, -0.15) is 0 Å². The zero-order valence-corrected chi connectivity index (χ0v) is 16.3. The first-order valence-electron chi connectivity index (χ1n) is 9.38. The fourth-order valence-electron chi connectivity index (χ4n) is 2.50. The highest BCUT2D eigenvalue weighted by atomic mass is 32.2. The molecule has 4 heteroatoms. The average molecular weight is 352 g/mol. The first-order valence-corrected chi connectivity index (χ1v) is 10.3. The molecule has 0 aliphatic rings. The molecule has 0 aliphatic heterocycles. The number of carbonyl (C=O) groups excluding carboxylic acids is 1. The van der Waals surface area contributed by atoms with Gasteiger partial charge in [-0.3, -0.25) is 4.79 Å². The predicted molar refractivity (Wildman–Crippen MR) is 105 cm³/mol. The molecule has 0 radical (unpaired) electrons. The molecule has 0 fully saturated rings. The summed E-state index contributed by atoms with van der Waals surface area (Å²) in [4.78, 5) is 13.1. The van der Waals surface area contributed by atoms with Crippen LogP contribution in [-0.2, 0) is 9.53 Å². The number of nitrogens with one attached hydrogen (secondary N) is 1. The van der Waals surface area contributed by atoms with Crippen molar-refractivity contribution in [1.82, 2.24) is 0 Å². The molecule has 1 aromatic rings. The lowest BCUT2D eigenvalue weighted by molar-refractivity contribution is -0.142. The smallest absolute Gasteiger partial charge is 0.319 e. The average Bonchev–Trinajstić information content (AvgIpc) is 2.59. The van der Waals surface area contributed by atoms with E-state index in [-0.39, 0.29) is 11.2 Å². The number of esters is 1. The van der Waals surface area contributed by atoms with Gasteiger partial charge < -0.3 is 10.1 Å². The summed E-state index contributed by atoms with van der Waals surface area (Å²) in [6.45, 7) is 7.66. The molecule has 0 saturated carbocycles. The lowest BCUT2D eigenvalue weighted by atomic mass is 10.1. The van der Waals surface area contributed by atoms with Crippen LogP contribution in [0.1, 0.15) is 65.7 Å². The Labute approximate surface area is 151 Å². The minimum atomic E-state index is -0.104. The fourth-order valence-corrected chi connectivity index (χ4v) is 3.64. The van der Waals surface area contributed by atoms with E-state index in [4.69, 9.17) is 4.74 Å². The van der Waals surface area contributed by atoms with Crippen molar-refractivity contribution in [3.05, 3.63) is 24.3 Å². The number of carbonyl (C=O) groups is 1. The van der Waals surface area contributed by atoms with E-state index in [1.807, 2.05) is 6.92 Å². The van der Waals surface area contributed by atoms with E-state index in [2.05, 4.69) is 43.4 Å². The van der Waals surface area contributed by atoms with Gasteiger partial charge in [0.15, 0.2) is 0 Å². The highest BCUT2D eigenvalue weighted by molar-refractivity contribution is 8.00. The van der Waals surface area contributed by atoms with Crippen molar-refractivity contribution in [1.29, 1.82) is 0 Å². The second-order valence-electron chi connectivity index (χ2n) is 6.01. The Hall–Kier alpha value is -1.16. The standard InChI is InChI=1S/C20H33NO2S/c1-4-7-8-9-10-16-21-17-12-14-18(15-13-17)24-19(11-5-2)20(22)23-6-3/h12-15,19,21H,4-11,16H2,1-3H3. The third-order valence-corrected chi connectivity index (χ3v) is 5.10. The van der Waals surface area contributed by atoms with Crippen LogP contribution in [0.15, 0.2) is 29.2 Å². The van der Waals surface area contributed by atoms with Crippen LogP contribution in [0.25, 0.3) is 0 Å². The number of rotatable bonds is 13. The topological polar surface area (TPSA) is 38.3 Å². The van der Waals surface area contributed by atoms with Crippen LogP contribution < -0.4 is 5.32 Å². The largest absolute Gasteiger partial charge is 0.465 e. The van der Waals surface area contributed by atoms with E-state index < -0.39 is 0 Å². The van der Waals surface area contributed by atoms with Gasteiger partial charge in [0.2, 0.25) is 0 Å². The van der Waals surface area contributed by atoms with Gasteiger partial charge in [-0.15, -0.1) is 11.8 Å². The quantitative estimate of drug-likeness (QED) is 0.273. The monoisotopic (exact) mass is 351 g/mol. The minimum absolute atomic E-state index is 0.0985. The Balaban J connectivity index is 2.40. The maximum Gasteiger partial charge on any atom is 0.319 e. The van der Waals surface area contributed by atoms with Crippen LogP contribution in [0.4, 0.5) is 5.69 Å². The van der Waals surface area contributed by atoms with Crippen LogP contribution in [-0.4, -0.2) is 24.4 Å². The van der Waals surface area contributed by atoms with Crippen molar-refractivity contribution in [3.8, 4) is 0 Å². The number of hydrogen-bond donors (Lipinski definition) is 1. The summed E-state index contributed by atoms with van der Waals surface area (Å²) in [5, 5.41) is 3.37. The predicted octanol–water partition coefficient (Wildman–Crippen LogP) is 5.89. The molecule has 1 unspecified atom stereocenters. The summed E-state index contributed by atoms with van der Waals surface area (Å²) in [5.41, 5.74) is 1.15. The van der Waals surface area contributed by atoms with Crippen molar-refractivity contribution in [2.45, 2.75) is 75.9 Å². The molecule has 1 aromatic carbocycles. The van der Waals surface area contributed by atoms with Gasteiger partial charge in [-0.1, -0.05) is 46.0 Å². The molecule has 0 amide bonds. The van der Waals surface area contributed by atoms with Gasteiger partial charge in [-0.25, -0.2) is 0 Å². The zero-order valence-electron chi connectivity index (χ0n) is 15.5. The lowest BCUT2D eigenvalue weighted by Crippen LogP contribution is -2.20. The van der Waals surface area contributed by atoms with Crippen molar-refractivity contribution in [3.63, 3.8) is 0 Å². The maximum absolute atomic E-state index is 12.0. The summed E-state index contributed by atoms with van der Waals surface area (Å²) >= 11 is 1.61.